The van der Waals surface area contributed by atoms with E-state index >= 15 is 0 Å². The van der Waals surface area contributed by atoms with Crippen LogP contribution < -0.4 is 5.32 Å². The first-order chi connectivity index (χ1) is 10.2. The Balaban J connectivity index is 1.88. The van der Waals surface area contributed by atoms with E-state index in [1.807, 2.05) is 13.8 Å². The van der Waals surface area contributed by atoms with Crippen molar-refractivity contribution < 1.29 is 8.83 Å². The number of nitrogens with one attached hydrogen (secondary N) is 1. The molecule has 1 fully saturated rings. The molecule has 1 atom stereocenters. The molecule has 1 aromatic carbocycles. The molecule has 0 radical (unpaired) electrons. The van der Waals surface area contributed by atoms with Gasteiger partial charge in [-0.1, -0.05) is 0 Å². The number of rotatable bonds is 2. The van der Waals surface area contributed by atoms with Crippen molar-refractivity contribution in [2.75, 3.05) is 13.1 Å². The Kier molecular flexibility index (Phi) is 3.03. The minimum absolute atomic E-state index is 0.688. The molecule has 1 aliphatic rings. The van der Waals surface area contributed by atoms with Crippen LogP contribution >= 0.6 is 0 Å². The number of benzene rings is 1. The van der Waals surface area contributed by atoms with E-state index < -0.39 is 0 Å². The maximum absolute atomic E-state index is 6.00. The summed E-state index contributed by atoms with van der Waals surface area (Å²) < 4.78 is 11.9. The maximum Gasteiger partial charge on any atom is 0.138 e. The molecular formula is C18H21NO2. The van der Waals surface area contributed by atoms with Gasteiger partial charge in [0, 0.05) is 16.3 Å². The van der Waals surface area contributed by atoms with Gasteiger partial charge in [0.2, 0.25) is 0 Å². The first kappa shape index (κ1) is 13.0. The van der Waals surface area contributed by atoms with Crippen molar-refractivity contribution in [3.8, 4) is 0 Å². The summed E-state index contributed by atoms with van der Waals surface area (Å²) in [5.74, 6) is 2.63. The van der Waals surface area contributed by atoms with Crippen molar-refractivity contribution in [2.24, 2.45) is 5.92 Å². The van der Waals surface area contributed by atoms with Crippen LogP contribution in [0.25, 0.3) is 21.9 Å². The van der Waals surface area contributed by atoms with Crippen molar-refractivity contribution in [1.82, 2.24) is 5.32 Å². The van der Waals surface area contributed by atoms with Crippen LogP contribution in [0.3, 0.4) is 0 Å². The molecule has 3 heteroatoms. The average Bonchev–Trinajstić information content (AvgIpc) is 3.01. The van der Waals surface area contributed by atoms with Gasteiger partial charge in [-0.25, -0.2) is 0 Å². The van der Waals surface area contributed by atoms with Gasteiger partial charge in [-0.2, -0.15) is 0 Å². The summed E-state index contributed by atoms with van der Waals surface area (Å²) in [4.78, 5) is 0. The molecule has 1 unspecified atom stereocenters. The van der Waals surface area contributed by atoms with Gasteiger partial charge in [0.05, 0.1) is 0 Å². The fourth-order valence-electron chi connectivity index (χ4n) is 3.61. The van der Waals surface area contributed by atoms with Gasteiger partial charge in [-0.3, -0.25) is 0 Å². The zero-order valence-corrected chi connectivity index (χ0v) is 12.7. The van der Waals surface area contributed by atoms with Crippen LogP contribution in [0.1, 0.15) is 29.9 Å². The number of furan rings is 2. The van der Waals surface area contributed by atoms with Crippen LogP contribution in [0, 0.1) is 19.8 Å². The zero-order chi connectivity index (χ0) is 14.4. The molecule has 0 saturated carbocycles. The Hall–Kier alpha value is -1.74. The third-order valence-corrected chi connectivity index (χ3v) is 4.55. The quantitative estimate of drug-likeness (QED) is 0.760. The molecule has 3 aromatic rings. The van der Waals surface area contributed by atoms with E-state index in [2.05, 4.69) is 23.5 Å². The fraction of sp³-hybridized carbons (Fsp3) is 0.444. The van der Waals surface area contributed by atoms with Crippen LogP contribution in [0.4, 0.5) is 0 Å². The SMILES string of the molecule is Cc1cc2c(CC3CCCNC3)c3oc(C)cc3cc2o1. The molecule has 3 nitrogen and oxygen atoms in total. The first-order valence-corrected chi connectivity index (χ1v) is 7.83. The van der Waals surface area contributed by atoms with Gasteiger partial charge < -0.3 is 14.2 Å². The molecule has 1 saturated heterocycles. The lowest BCUT2D eigenvalue weighted by atomic mass is 9.90. The smallest absolute Gasteiger partial charge is 0.138 e. The van der Waals surface area contributed by atoms with Gasteiger partial charge in [0.1, 0.15) is 22.7 Å². The molecule has 110 valence electrons. The third kappa shape index (κ3) is 2.26. The fourth-order valence-corrected chi connectivity index (χ4v) is 3.61. The monoisotopic (exact) mass is 283 g/mol. The lowest BCUT2D eigenvalue weighted by Gasteiger charge is -2.23. The van der Waals surface area contributed by atoms with Crippen molar-refractivity contribution >= 4 is 21.9 Å². The van der Waals surface area contributed by atoms with E-state index in [0.29, 0.717) is 5.92 Å². The Bertz CT molecular complexity index is 736. The van der Waals surface area contributed by atoms with Crippen LogP contribution in [0.2, 0.25) is 0 Å². The Morgan fingerprint density at radius 3 is 2.81 bits per heavy atom. The Labute approximate surface area is 124 Å². The summed E-state index contributed by atoms with van der Waals surface area (Å²) in [7, 11) is 0. The van der Waals surface area contributed by atoms with Gasteiger partial charge in [0.15, 0.2) is 0 Å². The highest BCUT2D eigenvalue weighted by Gasteiger charge is 2.20. The summed E-state index contributed by atoms with van der Waals surface area (Å²) in [5, 5.41) is 5.89. The van der Waals surface area contributed by atoms with Crippen LogP contribution in [-0.4, -0.2) is 13.1 Å². The average molecular weight is 283 g/mol. The highest BCUT2D eigenvalue weighted by molar-refractivity contribution is 5.98. The predicted molar refractivity (Wildman–Crippen MR) is 84.8 cm³/mol. The highest BCUT2D eigenvalue weighted by atomic mass is 16.3. The van der Waals surface area contributed by atoms with Gasteiger partial charge in [-0.15, -0.1) is 0 Å². The van der Waals surface area contributed by atoms with Crippen molar-refractivity contribution in [2.45, 2.75) is 33.1 Å². The molecule has 0 aliphatic carbocycles. The van der Waals surface area contributed by atoms with Gasteiger partial charge >= 0.3 is 0 Å². The van der Waals surface area contributed by atoms with E-state index in [1.165, 1.54) is 23.8 Å². The van der Waals surface area contributed by atoms with E-state index in [4.69, 9.17) is 8.83 Å². The molecule has 21 heavy (non-hydrogen) atoms. The van der Waals surface area contributed by atoms with Crippen molar-refractivity contribution in [3.05, 3.63) is 35.3 Å². The minimum Gasteiger partial charge on any atom is -0.461 e. The van der Waals surface area contributed by atoms with E-state index in [-0.39, 0.29) is 0 Å². The number of piperidine rings is 1. The lowest BCUT2D eigenvalue weighted by Crippen LogP contribution is -2.30. The highest BCUT2D eigenvalue weighted by Crippen LogP contribution is 2.34. The Morgan fingerprint density at radius 2 is 2.00 bits per heavy atom. The van der Waals surface area contributed by atoms with Crippen LogP contribution in [-0.2, 0) is 6.42 Å². The number of aryl methyl sites for hydroxylation is 2. The summed E-state index contributed by atoms with van der Waals surface area (Å²) in [6.45, 7) is 6.28. The largest absolute Gasteiger partial charge is 0.461 e. The summed E-state index contributed by atoms with van der Waals surface area (Å²) >= 11 is 0. The number of hydrogen-bond donors (Lipinski definition) is 1. The second kappa shape index (κ2) is 4.92. The topological polar surface area (TPSA) is 38.3 Å². The second-order valence-electron chi connectivity index (χ2n) is 6.32. The van der Waals surface area contributed by atoms with E-state index in [1.54, 1.807) is 0 Å². The summed E-state index contributed by atoms with van der Waals surface area (Å²) in [6.07, 6.45) is 3.62. The van der Waals surface area contributed by atoms with E-state index in [0.717, 1.165) is 47.6 Å². The molecule has 0 spiro atoms. The van der Waals surface area contributed by atoms with E-state index in [9.17, 15) is 0 Å². The maximum atomic E-state index is 6.00. The summed E-state index contributed by atoms with van der Waals surface area (Å²) in [5.41, 5.74) is 3.35. The van der Waals surface area contributed by atoms with Gasteiger partial charge in [0.25, 0.3) is 0 Å². The predicted octanol–water partition coefficient (Wildman–Crippen LogP) is 4.34. The zero-order valence-electron chi connectivity index (χ0n) is 12.7. The van der Waals surface area contributed by atoms with Gasteiger partial charge in [-0.05, 0) is 70.3 Å². The molecule has 4 rings (SSSR count). The standard InChI is InChI=1S/C18H21NO2/c1-11-6-14-9-17-15(7-12(2)20-17)16(18(14)21-11)8-13-4-3-5-19-10-13/h6-7,9,13,19H,3-5,8,10H2,1-2H3. The summed E-state index contributed by atoms with van der Waals surface area (Å²) in [6, 6.07) is 6.37. The normalized spacial score (nSPS) is 19.6. The Morgan fingerprint density at radius 1 is 1.14 bits per heavy atom. The molecule has 0 bridgehead atoms. The van der Waals surface area contributed by atoms with Crippen molar-refractivity contribution in [3.63, 3.8) is 0 Å². The molecule has 3 heterocycles. The van der Waals surface area contributed by atoms with Crippen molar-refractivity contribution in [1.29, 1.82) is 0 Å². The molecule has 1 aliphatic heterocycles. The van der Waals surface area contributed by atoms with Crippen LogP contribution in [0.5, 0.6) is 0 Å². The first-order valence-electron chi connectivity index (χ1n) is 7.83. The number of hydrogen-bond acceptors (Lipinski definition) is 3. The minimum atomic E-state index is 0.688. The lowest BCUT2D eigenvalue weighted by molar-refractivity contribution is 0.376. The third-order valence-electron chi connectivity index (χ3n) is 4.55. The molecule has 0 amide bonds. The number of fused-ring (bicyclic) bond motifs is 2. The van der Waals surface area contributed by atoms with Crippen LogP contribution in [0.15, 0.2) is 27.0 Å². The second-order valence-corrected chi connectivity index (χ2v) is 6.32. The molecule has 2 aromatic heterocycles. The molecule has 1 N–H and O–H groups in total. The molecular weight excluding hydrogens is 262 g/mol.